The van der Waals surface area contributed by atoms with Crippen molar-refractivity contribution in [2.75, 3.05) is 13.2 Å². The summed E-state index contributed by atoms with van der Waals surface area (Å²) in [7, 11) is 0. The molecule has 0 aromatic rings. The van der Waals surface area contributed by atoms with E-state index >= 15 is 0 Å². The maximum absolute atomic E-state index is 12.8. The predicted octanol–water partition coefficient (Wildman–Crippen LogP) is 17.4. The van der Waals surface area contributed by atoms with E-state index in [0.29, 0.717) is 19.3 Å². The van der Waals surface area contributed by atoms with Gasteiger partial charge in [0, 0.05) is 19.3 Å². The van der Waals surface area contributed by atoms with Gasteiger partial charge in [0.1, 0.15) is 13.2 Å². The molecule has 0 heterocycles. The maximum atomic E-state index is 12.8. The van der Waals surface area contributed by atoms with E-state index in [9.17, 15) is 14.4 Å². The first kappa shape index (κ1) is 59.9. The number of unbranched alkanes of at least 4 members (excludes halogenated alkanes) is 24. The molecule has 0 saturated heterocycles. The number of ether oxygens (including phenoxy) is 3. The van der Waals surface area contributed by atoms with Crippen molar-refractivity contribution >= 4 is 17.9 Å². The molecule has 0 aromatic heterocycles. The van der Waals surface area contributed by atoms with Crippen molar-refractivity contribution in [2.45, 2.75) is 258 Å². The Kier molecular flexibility index (Phi) is 48.9. The zero-order chi connectivity index (χ0) is 45.8. The molecule has 0 amide bonds. The van der Waals surface area contributed by atoms with Crippen LogP contribution in [0.3, 0.4) is 0 Å². The van der Waals surface area contributed by atoms with Crippen LogP contribution in [0.4, 0.5) is 0 Å². The summed E-state index contributed by atoms with van der Waals surface area (Å²) in [4.78, 5) is 38.0. The minimum Gasteiger partial charge on any atom is -0.462 e. The maximum Gasteiger partial charge on any atom is 0.306 e. The molecule has 362 valence electrons. The van der Waals surface area contributed by atoms with Gasteiger partial charge in [-0.1, -0.05) is 216 Å². The number of hydrogen-bond acceptors (Lipinski definition) is 6. The van der Waals surface area contributed by atoms with Crippen molar-refractivity contribution in [1.29, 1.82) is 0 Å². The third kappa shape index (κ3) is 49.7. The Morgan fingerprint density at radius 2 is 0.619 bits per heavy atom. The highest BCUT2D eigenvalue weighted by Crippen LogP contribution is 2.14. The Labute approximate surface area is 389 Å². The Morgan fingerprint density at radius 1 is 0.333 bits per heavy atom. The molecule has 0 saturated carbocycles. The summed E-state index contributed by atoms with van der Waals surface area (Å²) in [5, 5.41) is 0. The van der Waals surface area contributed by atoms with Crippen LogP contribution in [0, 0.1) is 0 Å². The predicted molar refractivity (Wildman–Crippen MR) is 270 cm³/mol. The average molecular weight is 879 g/mol. The molecule has 1 atom stereocenters. The van der Waals surface area contributed by atoms with Crippen molar-refractivity contribution in [1.82, 2.24) is 0 Å². The first-order chi connectivity index (χ1) is 31.0. The van der Waals surface area contributed by atoms with E-state index in [1.165, 1.54) is 89.9 Å². The second-order valence-corrected chi connectivity index (χ2v) is 17.4. The van der Waals surface area contributed by atoms with Crippen LogP contribution < -0.4 is 0 Å². The Balaban J connectivity index is 4.37. The highest BCUT2D eigenvalue weighted by molar-refractivity contribution is 5.71. The average Bonchev–Trinajstić information content (AvgIpc) is 3.28. The van der Waals surface area contributed by atoms with Crippen LogP contribution in [-0.2, 0) is 28.6 Å². The number of hydrogen-bond donors (Lipinski definition) is 0. The standard InChI is InChI=1S/C57H98O6/c1-4-7-10-13-16-19-22-24-25-26-27-28-29-30-31-33-35-38-41-44-47-50-56(59)62-53-54(52-61-55(58)49-46-43-40-37-34-21-18-15-12-9-6-3)63-57(60)51-48-45-42-39-36-32-23-20-17-14-11-8-5-2/h7,10,16,19-20,23-25,27-28,30-31,54H,4-6,8-9,11-15,17-18,21-22,26,29,32-53H2,1-3H3/b10-7-,19-16-,23-20-,25-24-,28-27-,31-30-. The summed E-state index contributed by atoms with van der Waals surface area (Å²) < 4.78 is 16.8. The lowest BCUT2D eigenvalue weighted by Crippen LogP contribution is -2.30. The first-order valence-corrected chi connectivity index (χ1v) is 26.4. The van der Waals surface area contributed by atoms with Gasteiger partial charge in [0.15, 0.2) is 6.10 Å². The second kappa shape index (κ2) is 51.5. The molecule has 0 N–H and O–H groups in total. The summed E-state index contributed by atoms with van der Waals surface area (Å²) >= 11 is 0. The Morgan fingerprint density at radius 3 is 1.00 bits per heavy atom. The van der Waals surface area contributed by atoms with Crippen LogP contribution in [0.2, 0.25) is 0 Å². The zero-order valence-electron chi connectivity index (χ0n) is 41.3. The lowest BCUT2D eigenvalue weighted by molar-refractivity contribution is -0.167. The molecule has 0 fully saturated rings. The normalized spacial score (nSPS) is 12.6. The van der Waals surface area contributed by atoms with E-state index < -0.39 is 6.10 Å². The van der Waals surface area contributed by atoms with Gasteiger partial charge in [-0.15, -0.1) is 0 Å². The third-order valence-electron chi connectivity index (χ3n) is 11.2. The van der Waals surface area contributed by atoms with Gasteiger partial charge in [-0.2, -0.15) is 0 Å². The fraction of sp³-hybridized carbons (Fsp3) is 0.737. The Bertz CT molecular complexity index is 1190. The summed E-state index contributed by atoms with van der Waals surface area (Å²) in [6.45, 7) is 6.48. The van der Waals surface area contributed by atoms with E-state index in [1.54, 1.807) is 0 Å². The van der Waals surface area contributed by atoms with E-state index in [-0.39, 0.29) is 31.1 Å². The van der Waals surface area contributed by atoms with E-state index in [4.69, 9.17) is 14.2 Å². The molecule has 0 aliphatic rings. The molecular formula is C57H98O6. The van der Waals surface area contributed by atoms with Crippen molar-refractivity contribution < 1.29 is 28.6 Å². The molecule has 0 aromatic carbocycles. The topological polar surface area (TPSA) is 78.9 Å². The fourth-order valence-electron chi connectivity index (χ4n) is 7.23. The number of esters is 3. The Hall–Kier alpha value is -3.15. The van der Waals surface area contributed by atoms with Crippen LogP contribution in [0.15, 0.2) is 72.9 Å². The minimum atomic E-state index is -0.785. The molecule has 0 aliphatic heterocycles. The highest BCUT2D eigenvalue weighted by Gasteiger charge is 2.19. The van der Waals surface area contributed by atoms with E-state index in [1.807, 2.05) is 0 Å². The van der Waals surface area contributed by atoms with Crippen LogP contribution >= 0.6 is 0 Å². The summed E-state index contributed by atoms with van der Waals surface area (Å²) in [6.07, 6.45) is 64.5. The van der Waals surface area contributed by atoms with Crippen LogP contribution in [-0.4, -0.2) is 37.2 Å². The molecule has 0 spiro atoms. The molecule has 6 nitrogen and oxygen atoms in total. The minimum absolute atomic E-state index is 0.0834. The zero-order valence-corrected chi connectivity index (χ0v) is 41.3. The van der Waals surface area contributed by atoms with Gasteiger partial charge in [-0.3, -0.25) is 14.4 Å². The van der Waals surface area contributed by atoms with Crippen molar-refractivity contribution in [3.8, 4) is 0 Å². The van der Waals surface area contributed by atoms with Gasteiger partial charge in [-0.25, -0.2) is 0 Å². The number of allylic oxidation sites excluding steroid dienone is 12. The van der Waals surface area contributed by atoms with Crippen LogP contribution in [0.5, 0.6) is 0 Å². The van der Waals surface area contributed by atoms with Crippen molar-refractivity contribution in [3.05, 3.63) is 72.9 Å². The van der Waals surface area contributed by atoms with Crippen molar-refractivity contribution in [3.63, 3.8) is 0 Å². The molecule has 63 heavy (non-hydrogen) atoms. The molecular weight excluding hydrogens is 781 g/mol. The molecule has 0 aliphatic carbocycles. The lowest BCUT2D eigenvalue weighted by atomic mass is 10.1. The molecule has 0 rings (SSSR count). The monoisotopic (exact) mass is 879 g/mol. The molecule has 1 unspecified atom stereocenters. The third-order valence-corrected chi connectivity index (χ3v) is 11.2. The van der Waals surface area contributed by atoms with E-state index in [0.717, 1.165) is 122 Å². The van der Waals surface area contributed by atoms with Gasteiger partial charge in [-0.05, 0) is 89.9 Å². The number of carbonyl (C=O) groups excluding carboxylic acids is 3. The molecule has 0 radical (unpaired) electrons. The smallest absolute Gasteiger partial charge is 0.306 e. The number of rotatable bonds is 47. The van der Waals surface area contributed by atoms with Gasteiger partial charge in [0.25, 0.3) is 0 Å². The summed E-state index contributed by atoms with van der Waals surface area (Å²) in [6, 6.07) is 0. The quantitative estimate of drug-likeness (QED) is 0.0262. The molecule has 0 bridgehead atoms. The largest absolute Gasteiger partial charge is 0.462 e. The van der Waals surface area contributed by atoms with Gasteiger partial charge >= 0.3 is 17.9 Å². The first-order valence-electron chi connectivity index (χ1n) is 26.4. The highest BCUT2D eigenvalue weighted by atomic mass is 16.6. The van der Waals surface area contributed by atoms with E-state index in [2.05, 4.69) is 93.7 Å². The van der Waals surface area contributed by atoms with Crippen molar-refractivity contribution in [2.24, 2.45) is 0 Å². The molecule has 6 heteroatoms. The summed E-state index contributed by atoms with van der Waals surface area (Å²) in [5.41, 5.74) is 0. The number of carbonyl (C=O) groups is 3. The van der Waals surface area contributed by atoms with Crippen LogP contribution in [0.25, 0.3) is 0 Å². The SMILES string of the molecule is CC/C=C\C/C=C\C/C=C\C/C=C\C/C=C\CCCCCCCC(=O)OCC(COC(=O)CCCCCCCCCCCCC)OC(=O)CCCCCCC/C=C\CCCCCC. The second-order valence-electron chi connectivity index (χ2n) is 17.4. The van der Waals surface area contributed by atoms with Gasteiger partial charge in [0.05, 0.1) is 0 Å². The van der Waals surface area contributed by atoms with Gasteiger partial charge < -0.3 is 14.2 Å². The fourth-order valence-corrected chi connectivity index (χ4v) is 7.23. The van der Waals surface area contributed by atoms with Crippen LogP contribution in [0.1, 0.15) is 252 Å². The summed E-state index contributed by atoms with van der Waals surface area (Å²) in [5.74, 6) is -0.910. The lowest BCUT2D eigenvalue weighted by Gasteiger charge is -2.18. The van der Waals surface area contributed by atoms with Gasteiger partial charge in [0.2, 0.25) is 0 Å².